The number of aryl methyl sites for hydroxylation is 2. The number of fused-ring (bicyclic) bond motifs is 1. The van der Waals surface area contributed by atoms with Crippen LogP contribution in [0.1, 0.15) is 41.8 Å². The predicted octanol–water partition coefficient (Wildman–Crippen LogP) is 4.74. The molecule has 7 heteroatoms. The van der Waals surface area contributed by atoms with Crippen molar-refractivity contribution in [1.82, 2.24) is 24.8 Å². The van der Waals surface area contributed by atoms with E-state index >= 15 is 0 Å². The lowest BCUT2D eigenvalue weighted by Gasteiger charge is -2.32. The van der Waals surface area contributed by atoms with Gasteiger partial charge in [-0.1, -0.05) is 42.5 Å². The molecule has 1 amide bonds. The third-order valence-electron chi connectivity index (χ3n) is 7.35. The van der Waals surface area contributed by atoms with Crippen molar-refractivity contribution in [3.05, 3.63) is 83.2 Å². The molecule has 0 aliphatic carbocycles. The first kappa shape index (κ1) is 25.0. The van der Waals surface area contributed by atoms with Gasteiger partial charge in [-0.2, -0.15) is 5.10 Å². The Labute approximate surface area is 218 Å². The first-order valence-electron chi connectivity index (χ1n) is 13.1. The van der Waals surface area contributed by atoms with Crippen LogP contribution in [0.25, 0.3) is 16.9 Å². The maximum Gasteiger partial charge on any atom is 0.220 e. The van der Waals surface area contributed by atoms with Crippen molar-refractivity contribution in [1.29, 1.82) is 0 Å². The van der Waals surface area contributed by atoms with Crippen LogP contribution in [0.4, 0.5) is 0 Å². The molecule has 2 aromatic carbocycles. The molecule has 4 aromatic rings. The van der Waals surface area contributed by atoms with Crippen LogP contribution in [0.3, 0.4) is 0 Å². The molecule has 192 valence electrons. The minimum absolute atomic E-state index is 0.107. The Morgan fingerprint density at radius 2 is 1.78 bits per heavy atom. The van der Waals surface area contributed by atoms with Gasteiger partial charge in [0.2, 0.25) is 5.91 Å². The summed E-state index contributed by atoms with van der Waals surface area (Å²) in [6.07, 6.45) is 3.06. The maximum atomic E-state index is 12.8. The highest BCUT2D eigenvalue weighted by Crippen LogP contribution is 2.30. The minimum Gasteiger partial charge on any atom is -0.496 e. The van der Waals surface area contributed by atoms with Gasteiger partial charge in [0.05, 0.1) is 12.8 Å². The monoisotopic (exact) mass is 497 g/mol. The molecule has 0 radical (unpaired) electrons. The zero-order chi connectivity index (χ0) is 25.8. The summed E-state index contributed by atoms with van der Waals surface area (Å²) >= 11 is 0. The van der Waals surface area contributed by atoms with E-state index in [1.54, 1.807) is 7.11 Å². The lowest BCUT2D eigenvalue weighted by atomic mass is 10.0. The third kappa shape index (κ3) is 5.67. The Bertz CT molecular complexity index is 1370. The highest BCUT2D eigenvalue weighted by molar-refractivity contribution is 5.76. The fourth-order valence-electron chi connectivity index (χ4n) is 5.29. The molecule has 1 N–H and O–H groups in total. The van der Waals surface area contributed by atoms with E-state index in [1.165, 1.54) is 5.56 Å². The number of aromatic nitrogens is 3. The summed E-state index contributed by atoms with van der Waals surface area (Å²) < 4.78 is 7.40. The second-order valence-corrected chi connectivity index (χ2v) is 9.86. The Balaban J connectivity index is 1.19. The molecule has 3 heterocycles. The lowest BCUT2D eigenvalue weighted by Crippen LogP contribution is -2.44. The number of rotatable bonds is 8. The highest BCUT2D eigenvalue weighted by Gasteiger charge is 2.21. The summed E-state index contributed by atoms with van der Waals surface area (Å²) in [5.41, 5.74) is 6.93. The van der Waals surface area contributed by atoms with Crippen LogP contribution in [0, 0.1) is 13.8 Å². The maximum absolute atomic E-state index is 12.8. The van der Waals surface area contributed by atoms with E-state index < -0.39 is 0 Å². The van der Waals surface area contributed by atoms with Crippen LogP contribution in [0.2, 0.25) is 0 Å². The number of benzene rings is 2. The van der Waals surface area contributed by atoms with E-state index in [0.717, 1.165) is 72.1 Å². The van der Waals surface area contributed by atoms with Gasteiger partial charge < -0.3 is 10.1 Å². The number of nitrogens with zero attached hydrogens (tertiary/aromatic N) is 4. The van der Waals surface area contributed by atoms with Crippen molar-refractivity contribution in [2.45, 2.75) is 52.1 Å². The van der Waals surface area contributed by atoms with Crippen LogP contribution in [-0.2, 0) is 17.8 Å². The molecule has 0 unspecified atom stereocenters. The van der Waals surface area contributed by atoms with Gasteiger partial charge in [-0.3, -0.25) is 9.69 Å². The van der Waals surface area contributed by atoms with Crippen LogP contribution in [0.15, 0.2) is 60.7 Å². The average molecular weight is 498 g/mol. The van der Waals surface area contributed by atoms with Crippen molar-refractivity contribution in [2.75, 3.05) is 20.2 Å². The number of para-hydroxylation sites is 1. The number of carbonyl (C=O) groups excluding carboxylic acids is 1. The molecule has 1 aliphatic rings. The first-order valence-corrected chi connectivity index (χ1v) is 13.1. The van der Waals surface area contributed by atoms with Gasteiger partial charge in [0.25, 0.3) is 0 Å². The summed E-state index contributed by atoms with van der Waals surface area (Å²) in [5, 5.41) is 8.09. The summed E-state index contributed by atoms with van der Waals surface area (Å²) in [6, 6.07) is 20.7. The molecule has 7 nitrogen and oxygen atoms in total. The van der Waals surface area contributed by atoms with E-state index in [9.17, 15) is 4.79 Å². The number of piperidine rings is 1. The Kier molecular flexibility index (Phi) is 7.51. The molecule has 37 heavy (non-hydrogen) atoms. The normalized spacial score (nSPS) is 14.7. The first-order chi connectivity index (χ1) is 18.0. The third-order valence-corrected chi connectivity index (χ3v) is 7.35. The molecular formula is C30H35N5O2. The summed E-state index contributed by atoms with van der Waals surface area (Å²) in [7, 11) is 1.67. The van der Waals surface area contributed by atoms with Crippen molar-refractivity contribution < 1.29 is 9.53 Å². The molecule has 1 fully saturated rings. The zero-order valence-corrected chi connectivity index (χ0v) is 21.9. The van der Waals surface area contributed by atoms with E-state index in [2.05, 4.69) is 47.5 Å². The van der Waals surface area contributed by atoms with Crippen LogP contribution in [0.5, 0.6) is 5.75 Å². The van der Waals surface area contributed by atoms with E-state index in [4.69, 9.17) is 14.8 Å². The highest BCUT2D eigenvalue weighted by atomic mass is 16.5. The molecule has 0 bridgehead atoms. The van der Waals surface area contributed by atoms with Gasteiger partial charge in [0.1, 0.15) is 5.75 Å². The Hall–Kier alpha value is -3.71. The van der Waals surface area contributed by atoms with Crippen molar-refractivity contribution in [3.63, 3.8) is 0 Å². The largest absolute Gasteiger partial charge is 0.496 e. The van der Waals surface area contributed by atoms with Gasteiger partial charge in [0.15, 0.2) is 5.65 Å². The Morgan fingerprint density at radius 1 is 1.05 bits per heavy atom. The Morgan fingerprint density at radius 3 is 2.54 bits per heavy atom. The quantitative estimate of drug-likeness (QED) is 0.381. The van der Waals surface area contributed by atoms with E-state index in [1.807, 2.05) is 41.8 Å². The van der Waals surface area contributed by atoms with Gasteiger partial charge in [-0.15, -0.1) is 0 Å². The number of nitrogens with one attached hydrogen (secondary N) is 1. The van der Waals surface area contributed by atoms with E-state index in [0.29, 0.717) is 12.8 Å². The number of hydrogen-bond acceptors (Lipinski definition) is 5. The van der Waals surface area contributed by atoms with Crippen molar-refractivity contribution in [2.24, 2.45) is 0 Å². The summed E-state index contributed by atoms with van der Waals surface area (Å²) in [4.78, 5) is 20.1. The standard InChI is InChI=1S/C30H35N5O2/c1-21-25(22(2)35-29(31-21)19-27(33-35)26-11-7-8-12-28(26)37-3)13-14-30(36)32-24-15-17-34(18-16-24)20-23-9-5-4-6-10-23/h4-12,19,24H,13-18,20H2,1-3H3,(H,32,36). The molecule has 0 atom stereocenters. The number of amides is 1. The van der Waals surface area contributed by atoms with Crippen molar-refractivity contribution >= 4 is 11.6 Å². The van der Waals surface area contributed by atoms with Gasteiger partial charge in [-0.05, 0) is 56.4 Å². The number of methoxy groups -OCH3 is 1. The molecule has 0 saturated carbocycles. The number of ether oxygens (including phenoxy) is 1. The fraction of sp³-hybridized carbons (Fsp3) is 0.367. The summed E-state index contributed by atoms with van der Waals surface area (Å²) in [5.74, 6) is 0.888. The average Bonchev–Trinajstić information content (AvgIpc) is 3.34. The second kappa shape index (κ2) is 11.1. The summed E-state index contributed by atoms with van der Waals surface area (Å²) in [6.45, 7) is 7.05. The van der Waals surface area contributed by atoms with Gasteiger partial charge in [-0.25, -0.2) is 9.50 Å². The fourth-order valence-corrected chi connectivity index (χ4v) is 5.29. The smallest absolute Gasteiger partial charge is 0.220 e. The van der Waals surface area contributed by atoms with Gasteiger partial charge in [0, 0.05) is 55.1 Å². The number of carbonyl (C=O) groups is 1. The molecule has 2 aromatic heterocycles. The zero-order valence-electron chi connectivity index (χ0n) is 21.9. The minimum atomic E-state index is 0.107. The topological polar surface area (TPSA) is 71.8 Å². The molecular weight excluding hydrogens is 462 g/mol. The van der Waals surface area contributed by atoms with Gasteiger partial charge >= 0.3 is 0 Å². The van der Waals surface area contributed by atoms with E-state index in [-0.39, 0.29) is 11.9 Å². The second-order valence-electron chi connectivity index (χ2n) is 9.86. The SMILES string of the molecule is COc1ccccc1-c1cc2nc(C)c(CCC(=O)NC3CCN(Cc4ccccc4)CC3)c(C)n2n1. The van der Waals surface area contributed by atoms with Crippen LogP contribution < -0.4 is 10.1 Å². The lowest BCUT2D eigenvalue weighted by molar-refractivity contribution is -0.122. The molecule has 1 saturated heterocycles. The molecule has 5 rings (SSSR count). The molecule has 0 spiro atoms. The number of hydrogen-bond donors (Lipinski definition) is 1. The number of likely N-dealkylation sites (tertiary alicyclic amines) is 1. The van der Waals surface area contributed by atoms with Crippen molar-refractivity contribution in [3.8, 4) is 17.0 Å². The van der Waals surface area contributed by atoms with Crippen LogP contribution >= 0.6 is 0 Å². The molecule has 1 aliphatic heterocycles. The van der Waals surface area contributed by atoms with Crippen LogP contribution in [-0.4, -0.2) is 51.6 Å². The predicted molar refractivity (Wildman–Crippen MR) is 146 cm³/mol.